The summed E-state index contributed by atoms with van der Waals surface area (Å²) in [4.78, 5) is 12.5. The van der Waals surface area contributed by atoms with Crippen molar-refractivity contribution >= 4 is 5.91 Å². The maximum Gasteiger partial charge on any atom is 0.249 e. The smallest absolute Gasteiger partial charge is 0.249 e. The molecular formula is C43H85NO5. The van der Waals surface area contributed by atoms with Crippen LogP contribution in [-0.2, 0) is 4.79 Å². The second-order valence-corrected chi connectivity index (χ2v) is 15.0. The fourth-order valence-electron chi connectivity index (χ4n) is 6.74. The van der Waals surface area contributed by atoms with Gasteiger partial charge in [-0.3, -0.25) is 4.79 Å². The van der Waals surface area contributed by atoms with Crippen LogP contribution >= 0.6 is 0 Å². The zero-order valence-corrected chi connectivity index (χ0v) is 32.7. The van der Waals surface area contributed by atoms with Gasteiger partial charge < -0.3 is 25.7 Å². The van der Waals surface area contributed by atoms with Crippen LogP contribution in [0.4, 0.5) is 0 Å². The first-order valence-electron chi connectivity index (χ1n) is 21.6. The Hall–Kier alpha value is -0.950. The maximum atomic E-state index is 12.5. The van der Waals surface area contributed by atoms with Gasteiger partial charge in [-0.15, -0.1) is 0 Å². The van der Waals surface area contributed by atoms with E-state index in [2.05, 4.69) is 31.3 Å². The van der Waals surface area contributed by atoms with Gasteiger partial charge in [0, 0.05) is 0 Å². The lowest BCUT2D eigenvalue weighted by atomic mass is 9.99. The number of aliphatic hydroxyl groups is 4. The van der Waals surface area contributed by atoms with Crippen LogP contribution in [-0.4, -0.2) is 57.3 Å². The van der Waals surface area contributed by atoms with E-state index in [1.54, 1.807) is 0 Å². The molecule has 292 valence electrons. The highest BCUT2D eigenvalue weighted by Gasteiger charge is 2.28. The Kier molecular flexibility index (Phi) is 37.5. The summed E-state index contributed by atoms with van der Waals surface area (Å²) in [6.07, 6.45) is 40.9. The number of carbonyl (C=O) groups excluding carboxylic acids is 1. The Bertz CT molecular complexity index is 702. The molecule has 49 heavy (non-hydrogen) atoms. The lowest BCUT2D eigenvalue weighted by Gasteiger charge is -2.27. The molecule has 0 unspecified atom stereocenters. The highest BCUT2D eigenvalue weighted by Crippen LogP contribution is 2.17. The molecule has 6 heteroatoms. The van der Waals surface area contributed by atoms with Gasteiger partial charge in [-0.05, 0) is 32.1 Å². The zero-order chi connectivity index (χ0) is 36.0. The Morgan fingerprint density at radius 2 is 0.837 bits per heavy atom. The first-order chi connectivity index (χ1) is 24.0. The van der Waals surface area contributed by atoms with Gasteiger partial charge in [-0.1, -0.05) is 206 Å². The van der Waals surface area contributed by atoms with Crippen LogP contribution in [0.2, 0.25) is 0 Å². The molecule has 0 rings (SSSR count). The molecule has 0 aromatic heterocycles. The van der Waals surface area contributed by atoms with Crippen molar-refractivity contribution in [2.45, 2.75) is 250 Å². The van der Waals surface area contributed by atoms with E-state index in [4.69, 9.17) is 0 Å². The van der Waals surface area contributed by atoms with Crippen LogP contribution in [0, 0.1) is 0 Å². The summed E-state index contributed by atoms with van der Waals surface area (Å²) < 4.78 is 0. The predicted molar refractivity (Wildman–Crippen MR) is 210 cm³/mol. The van der Waals surface area contributed by atoms with E-state index in [0.29, 0.717) is 12.8 Å². The summed E-state index contributed by atoms with van der Waals surface area (Å²) >= 11 is 0. The van der Waals surface area contributed by atoms with E-state index in [1.807, 2.05) is 0 Å². The molecule has 4 atom stereocenters. The molecule has 0 aliphatic heterocycles. The van der Waals surface area contributed by atoms with Gasteiger partial charge in [0.05, 0.1) is 18.8 Å². The standard InChI is InChI=1S/C43H85NO5/c1-3-5-7-9-11-13-15-17-19-20-21-22-23-25-26-28-30-32-34-36-40(46)42(48)39(38-45)44-43(49)41(47)37-35-33-31-29-27-24-18-16-14-12-10-8-6-4-2/h9,11,39-42,45-48H,3-8,10,12-38H2,1-2H3,(H,44,49)/b11-9+/t39-,40+,41+,42-/m1/s1. The van der Waals surface area contributed by atoms with Crippen LogP contribution in [0.5, 0.6) is 0 Å². The minimum absolute atomic E-state index is 0.373. The molecule has 0 saturated heterocycles. The molecule has 0 bridgehead atoms. The summed E-state index contributed by atoms with van der Waals surface area (Å²) in [7, 11) is 0. The third-order valence-electron chi connectivity index (χ3n) is 10.2. The molecule has 1 amide bonds. The Labute approximate surface area is 304 Å². The SMILES string of the molecule is CCCC/C=C/CCCCCCCCCCCCCCC[C@H](O)[C@H](O)[C@@H](CO)NC(=O)[C@@H](O)CCCCCCCCCCCCCCCC. The maximum absolute atomic E-state index is 12.5. The number of rotatable bonds is 39. The highest BCUT2D eigenvalue weighted by molar-refractivity contribution is 5.80. The number of carbonyl (C=O) groups is 1. The Morgan fingerprint density at radius 3 is 1.24 bits per heavy atom. The van der Waals surface area contributed by atoms with Crippen molar-refractivity contribution in [1.29, 1.82) is 0 Å². The fraction of sp³-hybridized carbons (Fsp3) is 0.930. The molecule has 0 fully saturated rings. The second kappa shape index (κ2) is 38.3. The van der Waals surface area contributed by atoms with Crippen LogP contribution in [0.3, 0.4) is 0 Å². The summed E-state index contributed by atoms with van der Waals surface area (Å²) in [5, 5.41) is 43.7. The van der Waals surface area contributed by atoms with Gasteiger partial charge >= 0.3 is 0 Å². The van der Waals surface area contributed by atoms with E-state index in [-0.39, 0.29) is 0 Å². The van der Waals surface area contributed by atoms with Crippen molar-refractivity contribution in [1.82, 2.24) is 5.32 Å². The lowest BCUT2D eigenvalue weighted by molar-refractivity contribution is -0.132. The van der Waals surface area contributed by atoms with Gasteiger partial charge in [0.25, 0.3) is 0 Å². The van der Waals surface area contributed by atoms with Gasteiger partial charge in [0.1, 0.15) is 12.2 Å². The van der Waals surface area contributed by atoms with E-state index in [0.717, 1.165) is 38.5 Å². The van der Waals surface area contributed by atoms with Crippen molar-refractivity contribution in [2.24, 2.45) is 0 Å². The molecule has 0 radical (unpaired) electrons. The topological polar surface area (TPSA) is 110 Å². The highest BCUT2D eigenvalue weighted by atomic mass is 16.3. The molecular weight excluding hydrogens is 610 g/mol. The van der Waals surface area contributed by atoms with Gasteiger partial charge in [-0.25, -0.2) is 0 Å². The quantitative estimate of drug-likeness (QED) is 0.0325. The van der Waals surface area contributed by atoms with Gasteiger partial charge in [-0.2, -0.15) is 0 Å². The number of hydrogen-bond acceptors (Lipinski definition) is 5. The number of allylic oxidation sites excluding steroid dienone is 2. The van der Waals surface area contributed by atoms with Crippen molar-refractivity contribution in [3.8, 4) is 0 Å². The van der Waals surface area contributed by atoms with Gasteiger partial charge in [0.15, 0.2) is 0 Å². The molecule has 0 spiro atoms. The molecule has 0 aromatic carbocycles. The molecule has 0 aliphatic carbocycles. The summed E-state index contributed by atoms with van der Waals surface area (Å²) in [5.74, 6) is -0.582. The van der Waals surface area contributed by atoms with Crippen LogP contribution in [0.1, 0.15) is 226 Å². The monoisotopic (exact) mass is 696 g/mol. The first kappa shape index (κ1) is 48.0. The van der Waals surface area contributed by atoms with E-state index < -0.39 is 36.9 Å². The largest absolute Gasteiger partial charge is 0.394 e. The van der Waals surface area contributed by atoms with Crippen molar-refractivity contribution < 1.29 is 25.2 Å². The number of hydrogen-bond donors (Lipinski definition) is 5. The molecule has 6 nitrogen and oxygen atoms in total. The lowest BCUT2D eigenvalue weighted by Crippen LogP contribution is -2.53. The molecule has 0 saturated carbocycles. The van der Waals surface area contributed by atoms with Gasteiger partial charge in [0.2, 0.25) is 5.91 Å². The van der Waals surface area contributed by atoms with E-state index >= 15 is 0 Å². The third-order valence-corrected chi connectivity index (χ3v) is 10.2. The van der Waals surface area contributed by atoms with Crippen molar-refractivity contribution in [2.75, 3.05) is 6.61 Å². The first-order valence-corrected chi connectivity index (χ1v) is 21.6. The zero-order valence-electron chi connectivity index (χ0n) is 32.7. The number of aliphatic hydroxyl groups excluding tert-OH is 4. The van der Waals surface area contributed by atoms with E-state index in [9.17, 15) is 25.2 Å². The normalized spacial score (nSPS) is 14.3. The third kappa shape index (κ3) is 32.7. The molecule has 0 heterocycles. The second-order valence-electron chi connectivity index (χ2n) is 15.0. The molecule has 5 N–H and O–H groups in total. The van der Waals surface area contributed by atoms with E-state index in [1.165, 1.54) is 161 Å². The number of amides is 1. The van der Waals surface area contributed by atoms with Crippen LogP contribution < -0.4 is 5.32 Å². The molecule has 0 aliphatic rings. The number of unbranched alkanes of at least 4 members (excludes halogenated alkanes) is 28. The van der Waals surface area contributed by atoms with Crippen molar-refractivity contribution in [3.05, 3.63) is 12.2 Å². The van der Waals surface area contributed by atoms with Crippen molar-refractivity contribution in [3.63, 3.8) is 0 Å². The summed E-state index contributed by atoms with van der Waals surface area (Å²) in [5.41, 5.74) is 0. The van der Waals surface area contributed by atoms with Crippen LogP contribution in [0.25, 0.3) is 0 Å². The number of nitrogens with one attached hydrogen (secondary N) is 1. The average Bonchev–Trinajstić information content (AvgIpc) is 3.11. The fourth-order valence-corrected chi connectivity index (χ4v) is 6.74. The molecule has 0 aromatic rings. The van der Waals surface area contributed by atoms with Crippen LogP contribution in [0.15, 0.2) is 12.2 Å². The summed E-state index contributed by atoms with van der Waals surface area (Å²) in [6, 6.07) is -0.981. The minimum Gasteiger partial charge on any atom is -0.394 e. The Morgan fingerprint density at radius 1 is 0.490 bits per heavy atom. The summed E-state index contributed by atoms with van der Waals surface area (Å²) in [6.45, 7) is 4.02. The predicted octanol–water partition coefficient (Wildman–Crippen LogP) is 11.0. The Balaban J connectivity index is 3.72. The average molecular weight is 696 g/mol. The minimum atomic E-state index is -1.26.